The van der Waals surface area contributed by atoms with Crippen molar-refractivity contribution in [2.75, 3.05) is 56.9 Å². The molecular weight excluding hydrogens is 1300 g/mol. The Kier molecular flexibility index (Phi) is 20.2. The zero-order valence-electron chi connectivity index (χ0n) is 58.5. The van der Waals surface area contributed by atoms with Crippen LogP contribution in [0.1, 0.15) is 148 Å². The number of aliphatic hydroxyl groups excluding tert-OH is 1. The van der Waals surface area contributed by atoms with Crippen molar-refractivity contribution < 1.29 is 71.9 Å². The van der Waals surface area contributed by atoms with Crippen LogP contribution in [0.5, 0.6) is 23.0 Å². The summed E-state index contributed by atoms with van der Waals surface area (Å²) < 4.78 is 31.7. The molecule has 7 aliphatic rings. The van der Waals surface area contributed by atoms with E-state index in [-0.39, 0.29) is 146 Å². The average molecular weight is 1390 g/mol. The monoisotopic (exact) mass is 1390 g/mol. The molecule has 6 amide bonds. The molecule has 0 radical (unpaired) electrons. The molecule has 1 unspecified atom stereocenters. The summed E-state index contributed by atoms with van der Waals surface area (Å²) in [6.45, 7) is 8.88. The molecule has 102 heavy (non-hydrogen) atoms. The van der Waals surface area contributed by atoms with E-state index in [1.165, 1.54) is 26.4 Å². The zero-order chi connectivity index (χ0) is 71.7. The molecule has 3 N–H and O–H groups in total. The van der Waals surface area contributed by atoms with Crippen LogP contribution < -0.4 is 39.4 Å². The lowest BCUT2D eigenvalue weighted by atomic mass is 9.89. The molecule has 13 rings (SSSR count). The van der Waals surface area contributed by atoms with Crippen molar-refractivity contribution in [3.8, 4) is 45.5 Å². The van der Waals surface area contributed by atoms with Crippen LogP contribution in [-0.4, -0.2) is 154 Å². The van der Waals surface area contributed by atoms with E-state index >= 15 is 0 Å². The minimum Gasteiger partial charge on any atom is -0.493 e. The summed E-state index contributed by atoms with van der Waals surface area (Å²) in [4.78, 5) is 130. The topological polar surface area (TPSA) is 288 Å². The van der Waals surface area contributed by atoms with Gasteiger partial charge in [0.1, 0.15) is 18.1 Å². The van der Waals surface area contributed by atoms with Crippen LogP contribution in [0, 0.1) is 22.7 Å². The number of amides is 6. The smallest absolute Gasteiger partial charge is 0.416 e. The van der Waals surface area contributed by atoms with Gasteiger partial charge < -0.3 is 54.1 Å². The number of para-hydroxylation sites is 1. The first kappa shape index (κ1) is 70.2. The highest BCUT2D eigenvalue weighted by Gasteiger charge is 2.58. The number of benzene rings is 5. The number of ether oxygens (including phenoxy) is 5. The second-order valence-electron chi connectivity index (χ2n) is 28.6. The minimum absolute atomic E-state index is 0.00939. The maximum atomic E-state index is 14.5. The van der Waals surface area contributed by atoms with E-state index in [0.29, 0.717) is 59.8 Å². The number of carbonyl (C=O) groups excluding carboxylic acids is 9. The summed E-state index contributed by atoms with van der Waals surface area (Å²) in [5, 5.41) is 26.5. The standard InChI is InChI=1S/C78H87N9O15/c1-7-86-71-56-15-10-11-16-60(56)83(42-51-13-8-9-14-55(51)70(71)81-82-86)69(92)26-24-53(88)23-25-68(91)79-41-54(89)35-57(46(2)3)72(93)80-47(4)63(90)33-48-17-19-49(20-18-48)43-102-76(97)87-61-38-67(65(99-6)37-59(61)74(95)85-45-78(29-30-78)40-62(85)75(87)96)101-32-12-31-100-66-34-50-21-22-52-39-77(27-28-77)44-84(52)73(94)58(50)36-64(66)98-5/h8-11,13-22,34,36-38,46-47,52,57,62,75,96H,7,12,23-33,35,39-45H2,1-6H3,(H,79,91)(H,80,93)/t47-,52+,57-,62-,75?/m0/s1. The SMILES string of the molecule is CCn1nnc2c1-c1ccccc1N(C(=O)CCC(=O)CCC(=O)NCC(=O)C[C@H](C(=O)N[C@@H](C)C(=O)Cc1ccc(COC(=O)N3c4cc(OCCCOc5cc6c(cc5OC)C(=O)N5CC7(CC7)C[C@H]5C=C6)c(OC)cc4C(=O)N4CC5(CC5)C[C@H]4C3O)cc1)C(C)C)Cc1ccccc1-2. The van der Waals surface area contributed by atoms with Gasteiger partial charge in [-0.1, -0.05) is 97.9 Å². The first-order chi connectivity index (χ1) is 49.2. The largest absolute Gasteiger partial charge is 0.493 e. The molecule has 1 aromatic heterocycles. The number of ketones is 3. The van der Waals surface area contributed by atoms with Crippen molar-refractivity contribution in [1.82, 2.24) is 35.4 Å². The third-order valence-corrected chi connectivity index (χ3v) is 21.3. The van der Waals surface area contributed by atoms with Gasteiger partial charge in [0.25, 0.3) is 11.8 Å². The Morgan fingerprint density at radius 1 is 0.696 bits per heavy atom. The summed E-state index contributed by atoms with van der Waals surface area (Å²) in [7, 11) is 2.99. The Bertz CT molecular complexity index is 4330. The number of aryl methyl sites for hydroxylation is 1. The maximum Gasteiger partial charge on any atom is 0.416 e. The van der Waals surface area contributed by atoms with E-state index in [2.05, 4.69) is 27.0 Å². The highest BCUT2D eigenvalue weighted by atomic mass is 16.6. The van der Waals surface area contributed by atoms with E-state index < -0.39 is 47.9 Å². The molecule has 2 aliphatic carbocycles. The Labute approximate surface area is 592 Å². The third kappa shape index (κ3) is 14.6. The number of methoxy groups -OCH3 is 2. The van der Waals surface area contributed by atoms with Crippen LogP contribution in [-0.2, 0) is 59.6 Å². The van der Waals surface area contributed by atoms with Crippen LogP contribution in [0.4, 0.5) is 16.2 Å². The number of hydrogen-bond donors (Lipinski definition) is 3. The molecule has 0 bridgehead atoms. The number of aliphatic hydroxyl groups is 1. The van der Waals surface area contributed by atoms with Crippen molar-refractivity contribution >= 4 is 70.4 Å². The van der Waals surface area contributed by atoms with Gasteiger partial charge in [0, 0.05) is 87.7 Å². The van der Waals surface area contributed by atoms with E-state index in [4.69, 9.17) is 23.7 Å². The predicted molar refractivity (Wildman–Crippen MR) is 376 cm³/mol. The van der Waals surface area contributed by atoms with Crippen molar-refractivity contribution in [3.05, 3.63) is 137 Å². The zero-order valence-corrected chi connectivity index (χ0v) is 58.5. The number of rotatable bonds is 27. The quantitative estimate of drug-likeness (QED) is 0.0404. The van der Waals surface area contributed by atoms with Crippen molar-refractivity contribution in [2.24, 2.45) is 22.7 Å². The fourth-order valence-electron chi connectivity index (χ4n) is 15.0. The Balaban J connectivity index is 0.567. The summed E-state index contributed by atoms with van der Waals surface area (Å²) in [5.41, 5.74) is 7.61. The molecule has 24 nitrogen and oxygen atoms in total. The summed E-state index contributed by atoms with van der Waals surface area (Å²) in [5.74, 6) is -2.39. The van der Waals surface area contributed by atoms with Gasteiger partial charge in [0.05, 0.1) is 86.8 Å². The lowest BCUT2D eigenvalue weighted by molar-refractivity contribution is -0.133. The summed E-state index contributed by atoms with van der Waals surface area (Å²) >= 11 is 0. The second kappa shape index (κ2) is 29.4. The number of fused-ring (bicyclic) bond motifs is 9. The second-order valence-corrected chi connectivity index (χ2v) is 28.6. The van der Waals surface area contributed by atoms with E-state index in [1.54, 1.807) is 65.6 Å². The van der Waals surface area contributed by atoms with E-state index in [1.807, 2.05) is 72.5 Å². The van der Waals surface area contributed by atoms with Crippen LogP contribution in [0.2, 0.25) is 0 Å². The number of Topliss-reactive ketones (excluding diaryl/α,β-unsaturated/α-hetero) is 3. The van der Waals surface area contributed by atoms with Crippen molar-refractivity contribution in [2.45, 2.75) is 155 Å². The molecule has 4 fully saturated rings. The number of carbonyl (C=O) groups is 9. The summed E-state index contributed by atoms with van der Waals surface area (Å²) in [6.07, 6.45) is 6.96. The fraction of sp³-hybridized carbons (Fsp3) is 0.449. The molecule has 6 heterocycles. The lowest BCUT2D eigenvalue weighted by Crippen LogP contribution is -2.50. The first-order valence-corrected chi connectivity index (χ1v) is 35.4. The Hall–Kier alpha value is -10.2. The van der Waals surface area contributed by atoms with Gasteiger partial charge in [-0.25, -0.2) is 14.4 Å². The van der Waals surface area contributed by atoms with E-state index in [0.717, 1.165) is 77.2 Å². The van der Waals surface area contributed by atoms with Gasteiger partial charge in [0.2, 0.25) is 17.7 Å². The number of hydrogen-bond acceptors (Lipinski definition) is 17. The first-order valence-electron chi connectivity index (χ1n) is 35.4. The highest BCUT2D eigenvalue weighted by molar-refractivity contribution is 6.07. The van der Waals surface area contributed by atoms with Crippen molar-refractivity contribution in [3.63, 3.8) is 0 Å². The molecule has 5 aromatic carbocycles. The van der Waals surface area contributed by atoms with Crippen LogP contribution in [0.25, 0.3) is 28.6 Å². The molecule has 24 heteroatoms. The number of anilines is 2. The number of nitrogens with one attached hydrogen (secondary N) is 2. The molecule has 2 saturated heterocycles. The highest BCUT2D eigenvalue weighted by Crippen LogP contribution is 2.58. The summed E-state index contributed by atoms with van der Waals surface area (Å²) in [6, 6.07) is 27.1. The van der Waals surface area contributed by atoms with Crippen LogP contribution >= 0.6 is 0 Å². The van der Waals surface area contributed by atoms with Gasteiger partial charge in [-0.2, -0.15) is 0 Å². The van der Waals surface area contributed by atoms with Gasteiger partial charge in [-0.3, -0.25) is 38.4 Å². The predicted octanol–water partition coefficient (Wildman–Crippen LogP) is 9.63. The molecular formula is C78H87N9O15. The molecule has 5 atom stereocenters. The Morgan fingerprint density at radius 2 is 1.34 bits per heavy atom. The molecule has 2 spiro atoms. The minimum atomic E-state index is -1.47. The van der Waals surface area contributed by atoms with Crippen LogP contribution in [0.3, 0.4) is 0 Å². The average Bonchev–Trinajstić information content (AvgIpc) is 1.56. The normalized spacial score (nSPS) is 18.9. The molecule has 534 valence electrons. The van der Waals surface area contributed by atoms with Crippen LogP contribution in [0.15, 0.2) is 103 Å². The van der Waals surface area contributed by atoms with Gasteiger partial charge in [-0.15, -0.1) is 5.10 Å². The maximum absolute atomic E-state index is 14.5. The van der Waals surface area contributed by atoms with E-state index in [9.17, 15) is 48.3 Å². The molecule has 6 aromatic rings. The number of aromatic nitrogens is 3. The number of nitrogens with zero attached hydrogens (tertiary/aromatic N) is 7. The lowest BCUT2D eigenvalue weighted by Gasteiger charge is -2.31. The van der Waals surface area contributed by atoms with Gasteiger partial charge in [-0.05, 0) is 116 Å². The van der Waals surface area contributed by atoms with Gasteiger partial charge >= 0.3 is 6.09 Å². The molecule has 5 aliphatic heterocycles. The Morgan fingerprint density at radius 3 is 2.05 bits per heavy atom. The third-order valence-electron chi connectivity index (χ3n) is 21.3. The van der Waals surface area contributed by atoms with Crippen molar-refractivity contribution in [1.29, 1.82) is 0 Å². The molecule has 2 saturated carbocycles. The fourth-order valence-corrected chi connectivity index (χ4v) is 15.0. The van der Waals surface area contributed by atoms with Gasteiger partial charge in [0.15, 0.2) is 40.8 Å².